The third-order valence-corrected chi connectivity index (χ3v) is 5.92. The second-order valence-electron chi connectivity index (χ2n) is 6.13. The molecule has 0 amide bonds. The van der Waals surface area contributed by atoms with Gasteiger partial charge in [-0.25, -0.2) is 4.98 Å². The van der Waals surface area contributed by atoms with Crippen LogP contribution in [0.3, 0.4) is 0 Å². The third kappa shape index (κ3) is 3.79. The Bertz CT molecular complexity index is 927. The topological polar surface area (TPSA) is 73.8 Å². The summed E-state index contributed by atoms with van der Waals surface area (Å²) in [6.07, 6.45) is 1.79. The van der Waals surface area contributed by atoms with E-state index < -0.39 is 0 Å². The van der Waals surface area contributed by atoms with Gasteiger partial charge >= 0.3 is 0 Å². The average Bonchev–Trinajstić information content (AvgIpc) is 3.22. The first kappa shape index (κ1) is 18.1. The van der Waals surface area contributed by atoms with Gasteiger partial charge in [-0.3, -0.25) is 9.36 Å². The van der Waals surface area contributed by atoms with Gasteiger partial charge in [0.2, 0.25) is 5.89 Å². The fourth-order valence-corrected chi connectivity index (χ4v) is 4.31. The van der Waals surface area contributed by atoms with E-state index in [9.17, 15) is 4.79 Å². The zero-order chi connectivity index (χ0) is 18.0. The van der Waals surface area contributed by atoms with Gasteiger partial charge in [-0.15, -0.1) is 11.3 Å². The van der Waals surface area contributed by atoms with E-state index in [1.165, 1.54) is 16.6 Å². The lowest BCUT2D eigenvalue weighted by molar-refractivity contribution is 0.382. The van der Waals surface area contributed by atoms with E-state index in [1.807, 2.05) is 19.9 Å². The van der Waals surface area contributed by atoms with Crippen molar-refractivity contribution in [3.63, 3.8) is 0 Å². The first-order chi connectivity index (χ1) is 12.0. The first-order valence-corrected chi connectivity index (χ1v) is 10.3. The van der Waals surface area contributed by atoms with Crippen LogP contribution in [0, 0.1) is 0 Å². The minimum absolute atomic E-state index is 0.0405. The molecule has 0 atom stereocenters. The van der Waals surface area contributed by atoms with E-state index in [0.717, 1.165) is 23.1 Å². The molecule has 6 nitrogen and oxygen atoms in total. The summed E-state index contributed by atoms with van der Waals surface area (Å²) in [6.45, 7) is 8.86. The van der Waals surface area contributed by atoms with E-state index >= 15 is 0 Å². The van der Waals surface area contributed by atoms with Crippen LogP contribution < -0.4 is 5.56 Å². The summed E-state index contributed by atoms with van der Waals surface area (Å²) >= 11 is 3.07. The monoisotopic (exact) mass is 378 g/mol. The summed E-state index contributed by atoms with van der Waals surface area (Å²) in [5.74, 6) is 2.00. The van der Waals surface area contributed by atoms with Gasteiger partial charge in [0.1, 0.15) is 4.83 Å². The molecule has 8 heteroatoms. The number of nitrogens with zero attached hydrogens (tertiary/aromatic N) is 4. The molecule has 0 aliphatic rings. The zero-order valence-electron chi connectivity index (χ0n) is 14.9. The maximum absolute atomic E-state index is 12.8. The van der Waals surface area contributed by atoms with Crippen molar-refractivity contribution in [1.82, 2.24) is 19.7 Å². The van der Waals surface area contributed by atoms with E-state index in [4.69, 9.17) is 9.51 Å². The Morgan fingerprint density at radius 2 is 2.12 bits per heavy atom. The van der Waals surface area contributed by atoms with Crippen LogP contribution in [0.25, 0.3) is 10.2 Å². The van der Waals surface area contributed by atoms with E-state index in [2.05, 4.69) is 24.0 Å². The SMILES string of the molecule is CCCn1c(SCc2nc(C(C)C)no2)nc2sc(CC)cc2c1=O. The minimum atomic E-state index is 0.0405. The Labute approximate surface area is 154 Å². The molecule has 3 heterocycles. The van der Waals surface area contributed by atoms with Gasteiger partial charge in [-0.2, -0.15) is 4.98 Å². The molecule has 0 aliphatic carbocycles. The van der Waals surface area contributed by atoms with Gasteiger partial charge in [0.05, 0.1) is 11.1 Å². The van der Waals surface area contributed by atoms with Crippen molar-refractivity contribution in [2.24, 2.45) is 0 Å². The minimum Gasteiger partial charge on any atom is -0.338 e. The van der Waals surface area contributed by atoms with Crippen molar-refractivity contribution in [3.05, 3.63) is 33.0 Å². The fourth-order valence-electron chi connectivity index (χ4n) is 2.44. The lowest BCUT2D eigenvalue weighted by Gasteiger charge is -2.09. The molecule has 0 bridgehead atoms. The number of hydrogen-bond donors (Lipinski definition) is 0. The molecule has 0 N–H and O–H groups in total. The summed E-state index contributed by atoms with van der Waals surface area (Å²) in [4.78, 5) is 24.0. The summed E-state index contributed by atoms with van der Waals surface area (Å²) in [6, 6.07) is 1.98. The Kier molecular flexibility index (Phi) is 5.58. The predicted molar refractivity (Wildman–Crippen MR) is 101 cm³/mol. The normalized spacial score (nSPS) is 11.7. The van der Waals surface area contributed by atoms with Crippen molar-refractivity contribution >= 4 is 33.3 Å². The second-order valence-corrected chi connectivity index (χ2v) is 8.18. The van der Waals surface area contributed by atoms with Gasteiger partial charge in [0, 0.05) is 17.3 Å². The van der Waals surface area contributed by atoms with Gasteiger partial charge in [0.25, 0.3) is 5.56 Å². The van der Waals surface area contributed by atoms with Crippen LogP contribution in [-0.4, -0.2) is 19.7 Å². The summed E-state index contributed by atoms with van der Waals surface area (Å²) in [5, 5.41) is 5.42. The molecular weight excluding hydrogens is 356 g/mol. The lowest BCUT2D eigenvalue weighted by Crippen LogP contribution is -2.22. The number of aromatic nitrogens is 4. The van der Waals surface area contributed by atoms with Crippen molar-refractivity contribution < 1.29 is 4.52 Å². The van der Waals surface area contributed by atoms with Crippen LogP contribution in [-0.2, 0) is 18.7 Å². The maximum atomic E-state index is 12.8. The Balaban J connectivity index is 1.92. The summed E-state index contributed by atoms with van der Waals surface area (Å²) in [7, 11) is 0. The van der Waals surface area contributed by atoms with Gasteiger partial charge in [0.15, 0.2) is 11.0 Å². The predicted octanol–water partition coefficient (Wildman–Crippen LogP) is 4.23. The molecule has 3 rings (SSSR count). The zero-order valence-corrected chi connectivity index (χ0v) is 16.5. The van der Waals surface area contributed by atoms with Crippen LogP contribution in [0.4, 0.5) is 0 Å². The molecule has 0 saturated carbocycles. The number of hydrogen-bond acceptors (Lipinski definition) is 7. The Morgan fingerprint density at radius 1 is 1.32 bits per heavy atom. The molecule has 0 radical (unpaired) electrons. The first-order valence-electron chi connectivity index (χ1n) is 8.52. The van der Waals surface area contributed by atoms with E-state index in [1.54, 1.807) is 15.9 Å². The standard InChI is InChI=1S/C17H22N4O2S2/c1-5-7-21-16(22)12-8-11(6-2)25-15(12)19-17(21)24-9-13-18-14(10(3)4)20-23-13/h8,10H,5-7,9H2,1-4H3. The smallest absolute Gasteiger partial charge is 0.262 e. The highest BCUT2D eigenvalue weighted by Crippen LogP contribution is 2.27. The van der Waals surface area contributed by atoms with Crippen LogP contribution in [0.1, 0.15) is 56.6 Å². The lowest BCUT2D eigenvalue weighted by atomic mass is 10.2. The number of thiophene rings is 1. The molecule has 3 aromatic rings. The number of aryl methyl sites for hydroxylation is 1. The molecule has 25 heavy (non-hydrogen) atoms. The molecule has 3 aromatic heterocycles. The highest BCUT2D eigenvalue weighted by Gasteiger charge is 2.16. The second kappa shape index (κ2) is 7.70. The van der Waals surface area contributed by atoms with E-state index in [0.29, 0.717) is 29.2 Å². The van der Waals surface area contributed by atoms with Gasteiger partial charge in [-0.1, -0.05) is 44.6 Å². The molecule has 134 valence electrons. The highest BCUT2D eigenvalue weighted by molar-refractivity contribution is 7.98. The molecule has 0 aliphatic heterocycles. The van der Waals surface area contributed by atoms with Crippen LogP contribution in [0.5, 0.6) is 0 Å². The number of rotatable bonds is 7. The van der Waals surface area contributed by atoms with Crippen LogP contribution >= 0.6 is 23.1 Å². The molecule has 0 aromatic carbocycles. The molecule has 0 spiro atoms. The highest BCUT2D eigenvalue weighted by atomic mass is 32.2. The third-order valence-electron chi connectivity index (χ3n) is 3.79. The number of thioether (sulfide) groups is 1. The molecule has 0 saturated heterocycles. The summed E-state index contributed by atoms with van der Waals surface area (Å²) < 4.78 is 7.06. The van der Waals surface area contributed by atoms with E-state index in [-0.39, 0.29) is 11.5 Å². The van der Waals surface area contributed by atoms with Crippen molar-refractivity contribution in [2.45, 2.75) is 63.9 Å². The van der Waals surface area contributed by atoms with Crippen LogP contribution in [0.15, 0.2) is 20.5 Å². The quantitative estimate of drug-likeness (QED) is 0.452. The Hall–Kier alpha value is -1.67. The van der Waals surface area contributed by atoms with Crippen LogP contribution in [0.2, 0.25) is 0 Å². The molecular formula is C17H22N4O2S2. The average molecular weight is 379 g/mol. The maximum Gasteiger partial charge on any atom is 0.262 e. The Morgan fingerprint density at radius 3 is 2.76 bits per heavy atom. The van der Waals surface area contributed by atoms with Gasteiger partial charge < -0.3 is 4.52 Å². The molecule has 0 fully saturated rings. The number of fused-ring (bicyclic) bond motifs is 1. The largest absolute Gasteiger partial charge is 0.338 e. The van der Waals surface area contributed by atoms with Crippen molar-refractivity contribution in [2.75, 3.05) is 0 Å². The fraction of sp³-hybridized carbons (Fsp3) is 0.529. The van der Waals surface area contributed by atoms with Crippen molar-refractivity contribution in [1.29, 1.82) is 0 Å². The van der Waals surface area contributed by atoms with Crippen molar-refractivity contribution in [3.8, 4) is 0 Å². The summed E-state index contributed by atoms with van der Waals surface area (Å²) in [5.41, 5.74) is 0.0405. The van der Waals surface area contributed by atoms with Gasteiger partial charge in [-0.05, 0) is 18.9 Å². The molecule has 0 unspecified atom stereocenters.